The van der Waals surface area contributed by atoms with Crippen molar-refractivity contribution >= 4 is 27.5 Å². The first kappa shape index (κ1) is 34.6. The van der Waals surface area contributed by atoms with E-state index in [2.05, 4.69) is 10.2 Å². The van der Waals surface area contributed by atoms with Gasteiger partial charge in [-0.15, -0.1) is 4.80 Å². The molecule has 0 saturated heterocycles. The number of aryl methyl sites for hydroxylation is 1. The van der Waals surface area contributed by atoms with Crippen LogP contribution in [0.5, 0.6) is 5.75 Å². The van der Waals surface area contributed by atoms with Gasteiger partial charge >= 0.3 is 11.7 Å². The first-order valence-electron chi connectivity index (χ1n) is 15.1. The molecule has 3 heterocycles. The van der Waals surface area contributed by atoms with Gasteiger partial charge in [-0.3, -0.25) is 9.36 Å². The molecule has 5 aromatic rings. The number of benzene rings is 2. The van der Waals surface area contributed by atoms with E-state index in [4.69, 9.17) is 14.2 Å². The number of esters is 1. The lowest BCUT2D eigenvalue weighted by atomic mass is 10.0. The molecule has 0 bridgehead atoms. The summed E-state index contributed by atoms with van der Waals surface area (Å²) in [4.78, 5) is 43.9. The summed E-state index contributed by atoms with van der Waals surface area (Å²) in [6, 6.07) is 12.8. The Morgan fingerprint density at radius 1 is 1.10 bits per heavy atom. The van der Waals surface area contributed by atoms with Gasteiger partial charge in [0.2, 0.25) is 0 Å². The van der Waals surface area contributed by atoms with Crippen molar-refractivity contribution in [3.8, 4) is 10.8 Å². The van der Waals surface area contributed by atoms with E-state index in [1.807, 2.05) is 6.07 Å². The third-order valence-electron chi connectivity index (χ3n) is 7.93. The second-order valence-electron chi connectivity index (χ2n) is 11.6. The van der Waals surface area contributed by atoms with Crippen LogP contribution in [0, 0.1) is 12.7 Å². The Morgan fingerprint density at radius 3 is 2.48 bits per heavy atom. The highest BCUT2D eigenvalue weighted by Crippen LogP contribution is 2.34. The van der Waals surface area contributed by atoms with Crippen LogP contribution in [0.4, 0.5) is 4.39 Å². The Morgan fingerprint density at radius 2 is 1.81 bits per heavy atom. The van der Waals surface area contributed by atoms with Gasteiger partial charge in [0.25, 0.3) is 5.56 Å². The number of hydrogen-bond acceptors (Lipinski definition) is 11. The van der Waals surface area contributed by atoms with Gasteiger partial charge in [-0.05, 0) is 51.0 Å². The number of rotatable bonds is 14. The molecule has 0 amide bonds. The van der Waals surface area contributed by atoms with Crippen molar-refractivity contribution in [2.75, 3.05) is 20.3 Å². The van der Waals surface area contributed by atoms with E-state index in [-0.39, 0.29) is 47.7 Å². The van der Waals surface area contributed by atoms with Crippen LogP contribution in [0.25, 0.3) is 15.2 Å². The summed E-state index contributed by atoms with van der Waals surface area (Å²) in [6.07, 6.45) is 0.879. The van der Waals surface area contributed by atoms with Crippen LogP contribution in [0.2, 0.25) is 0 Å². The van der Waals surface area contributed by atoms with Crippen LogP contribution in [0.1, 0.15) is 43.1 Å². The SMILES string of the molecule is COc1ccc(F)cc1[C@H](Cn1c(=O)n(C(C)(C)C(=O)OCc2ccccc2)c(=O)c2c(C)c(-n3nccn3)sc21)OCCC(O)CO. The average molecular weight is 682 g/mol. The van der Waals surface area contributed by atoms with E-state index >= 15 is 0 Å². The summed E-state index contributed by atoms with van der Waals surface area (Å²) < 4.78 is 34.0. The molecule has 13 nitrogen and oxygen atoms in total. The van der Waals surface area contributed by atoms with Crippen LogP contribution < -0.4 is 16.0 Å². The molecule has 2 aromatic carbocycles. The number of hydrogen-bond donors (Lipinski definition) is 2. The molecule has 0 saturated carbocycles. The summed E-state index contributed by atoms with van der Waals surface area (Å²) in [5.41, 5.74) is -1.87. The van der Waals surface area contributed by atoms with E-state index in [9.17, 15) is 29.0 Å². The molecule has 15 heteroatoms. The number of ether oxygens (including phenoxy) is 3. The highest BCUT2D eigenvalue weighted by molar-refractivity contribution is 7.21. The number of nitrogens with zero attached hydrogens (tertiary/aromatic N) is 5. The zero-order valence-electron chi connectivity index (χ0n) is 26.8. The van der Waals surface area contributed by atoms with Crippen molar-refractivity contribution in [1.82, 2.24) is 24.1 Å². The second-order valence-corrected chi connectivity index (χ2v) is 12.5. The lowest BCUT2D eigenvalue weighted by molar-refractivity contribution is -0.154. The Labute approximate surface area is 278 Å². The fraction of sp³-hybridized carbons (Fsp3) is 0.364. The summed E-state index contributed by atoms with van der Waals surface area (Å²) in [5, 5.41) is 28.3. The van der Waals surface area contributed by atoms with Crippen LogP contribution in [0.15, 0.2) is 70.5 Å². The Kier molecular flexibility index (Phi) is 10.5. The first-order chi connectivity index (χ1) is 23.0. The van der Waals surface area contributed by atoms with Gasteiger partial charge in [0.1, 0.15) is 39.6 Å². The molecular weight excluding hydrogens is 645 g/mol. The Balaban J connectivity index is 1.68. The van der Waals surface area contributed by atoms with Crippen LogP contribution in [-0.2, 0) is 33.0 Å². The molecule has 0 aliphatic heterocycles. The number of aromatic nitrogens is 5. The van der Waals surface area contributed by atoms with Crippen molar-refractivity contribution in [3.63, 3.8) is 0 Å². The molecule has 1 unspecified atom stereocenters. The van der Waals surface area contributed by atoms with Crippen LogP contribution in [-0.4, -0.2) is 66.7 Å². The Hall–Kier alpha value is -4.70. The normalized spacial score (nSPS) is 13.1. The molecule has 0 fully saturated rings. The lowest BCUT2D eigenvalue weighted by Crippen LogP contribution is -2.53. The molecule has 0 radical (unpaired) electrons. The van der Waals surface area contributed by atoms with E-state index in [1.54, 1.807) is 31.2 Å². The lowest BCUT2D eigenvalue weighted by Gasteiger charge is -2.27. The third-order valence-corrected chi connectivity index (χ3v) is 9.21. The number of halogens is 1. The van der Waals surface area contributed by atoms with Gasteiger partial charge in [0.15, 0.2) is 0 Å². The van der Waals surface area contributed by atoms with Crippen molar-refractivity contribution < 1.29 is 33.6 Å². The minimum absolute atomic E-state index is 0.0436. The van der Waals surface area contributed by atoms with Crippen molar-refractivity contribution in [2.45, 2.75) is 58.1 Å². The minimum atomic E-state index is -1.77. The monoisotopic (exact) mass is 681 g/mol. The van der Waals surface area contributed by atoms with E-state index < -0.39 is 47.4 Å². The van der Waals surface area contributed by atoms with E-state index in [1.165, 1.54) is 60.9 Å². The predicted molar refractivity (Wildman–Crippen MR) is 175 cm³/mol. The molecule has 2 atom stereocenters. The number of carbonyl (C=O) groups excluding carboxylic acids is 1. The standard InChI is InChI=1S/C33H36FN5O8S/c1-20-27-28(42)38(33(2,3)31(43)47-19-21-8-6-5-7-9-21)32(44)37(30(27)48-29(20)39-35-13-14-36-39)17-26(46-15-12-23(41)18-40)24-16-22(34)10-11-25(24)45-4/h5-11,13-14,16,23,26,40-41H,12,15,17-19H2,1-4H3/t23?,26-/m0/s1. The van der Waals surface area contributed by atoms with E-state index in [0.717, 1.165) is 21.5 Å². The van der Waals surface area contributed by atoms with Gasteiger partial charge in [0, 0.05) is 11.1 Å². The molecule has 0 spiro atoms. The molecule has 0 aliphatic rings. The summed E-state index contributed by atoms with van der Waals surface area (Å²) in [6.45, 7) is 3.65. The maximum Gasteiger partial charge on any atom is 0.333 e. The second kappa shape index (κ2) is 14.6. The minimum Gasteiger partial charge on any atom is -0.496 e. The zero-order valence-corrected chi connectivity index (χ0v) is 27.6. The molecular formula is C33H36FN5O8S. The topological polar surface area (TPSA) is 160 Å². The maximum absolute atomic E-state index is 14.6. The van der Waals surface area contributed by atoms with Crippen LogP contribution >= 0.6 is 11.3 Å². The van der Waals surface area contributed by atoms with Gasteiger partial charge in [0.05, 0.1) is 50.8 Å². The molecule has 3 aromatic heterocycles. The molecule has 5 rings (SSSR count). The number of thiophene rings is 1. The van der Waals surface area contributed by atoms with Crippen molar-refractivity contribution in [3.05, 3.63) is 104 Å². The van der Waals surface area contributed by atoms with Crippen molar-refractivity contribution in [1.29, 1.82) is 0 Å². The molecule has 48 heavy (non-hydrogen) atoms. The van der Waals surface area contributed by atoms with Gasteiger partial charge in [-0.1, -0.05) is 41.7 Å². The first-order valence-corrected chi connectivity index (χ1v) is 15.9. The maximum atomic E-state index is 14.6. The largest absolute Gasteiger partial charge is 0.496 e. The summed E-state index contributed by atoms with van der Waals surface area (Å²) in [5.74, 6) is -1.12. The van der Waals surface area contributed by atoms with E-state index in [0.29, 0.717) is 10.6 Å². The van der Waals surface area contributed by atoms with Gasteiger partial charge in [-0.2, -0.15) is 10.2 Å². The summed E-state index contributed by atoms with van der Waals surface area (Å²) >= 11 is 1.09. The van der Waals surface area contributed by atoms with Crippen molar-refractivity contribution in [2.24, 2.45) is 0 Å². The van der Waals surface area contributed by atoms with Crippen LogP contribution in [0.3, 0.4) is 0 Å². The molecule has 254 valence electrons. The third kappa shape index (κ3) is 6.94. The predicted octanol–water partition coefficient (Wildman–Crippen LogP) is 3.24. The summed E-state index contributed by atoms with van der Waals surface area (Å²) in [7, 11) is 1.41. The highest BCUT2D eigenvalue weighted by atomic mass is 32.1. The van der Waals surface area contributed by atoms with Gasteiger partial charge < -0.3 is 24.4 Å². The smallest absolute Gasteiger partial charge is 0.333 e. The highest BCUT2D eigenvalue weighted by Gasteiger charge is 2.37. The zero-order chi connectivity index (χ0) is 34.6. The quantitative estimate of drug-likeness (QED) is 0.167. The number of aliphatic hydroxyl groups is 2. The fourth-order valence-electron chi connectivity index (χ4n) is 5.29. The number of aliphatic hydroxyl groups excluding tert-OH is 2. The number of methoxy groups -OCH3 is 1. The van der Waals surface area contributed by atoms with Gasteiger partial charge in [-0.25, -0.2) is 18.5 Å². The molecule has 2 N–H and O–H groups in total. The number of carbonyl (C=O) groups is 1. The average Bonchev–Trinajstić information content (AvgIpc) is 3.73. The fourth-order valence-corrected chi connectivity index (χ4v) is 6.51. The Bertz CT molecular complexity index is 2010. The molecule has 0 aliphatic carbocycles. The number of fused-ring (bicyclic) bond motifs is 1.